The highest BCUT2D eigenvalue weighted by Gasteiger charge is 2.21. The van der Waals surface area contributed by atoms with Crippen LogP contribution in [0.4, 0.5) is 0 Å². The van der Waals surface area contributed by atoms with Crippen LogP contribution in [0.2, 0.25) is 0 Å². The van der Waals surface area contributed by atoms with Gasteiger partial charge in [-0.25, -0.2) is 0 Å². The van der Waals surface area contributed by atoms with Crippen molar-refractivity contribution in [3.8, 4) is 0 Å². The van der Waals surface area contributed by atoms with Gasteiger partial charge in [-0.3, -0.25) is 0 Å². The van der Waals surface area contributed by atoms with Crippen LogP contribution in [0.5, 0.6) is 0 Å². The predicted octanol–water partition coefficient (Wildman–Crippen LogP) is 3.31. The number of likely N-dealkylation sites (tertiary alicyclic amines) is 1. The lowest BCUT2D eigenvalue weighted by molar-refractivity contribution is 0.0121. The minimum atomic E-state index is 0.511. The lowest BCUT2D eigenvalue weighted by Gasteiger charge is -2.34. The smallest absolute Gasteiger partial charge is 0.0599 e. The van der Waals surface area contributed by atoms with Gasteiger partial charge in [0.25, 0.3) is 0 Å². The first-order chi connectivity index (χ1) is 7.57. The fraction of sp³-hybridized carbons (Fsp3) is 1.00. The van der Waals surface area contributed by atoms with Gasteiger partial charge >= 0.3 is 0 Å². The number of hydrogen-bond acceptors (Lipinski definition) is 2. The summed E-state index contributed by atoms with van der Waals surface area (Å²) < 4.78 is 5.67. The zero-order valence-corrected chi connectivity index (χ0v) is 11.6. The average Bonchev–Trinajstić information content (AvgIpc) is 2.29. The molecule has 0 aromatic heterocycles. The summed E-state index contributed by atoms with van der Waals surface area (Å²) in [7, 11) is 0. The molecule has 0 aromatic carbocycles. The molecule has 1 fully saturated rings. The molecule has 1 rings (SSSR count). The van der Waals surface area contributed by atoms with Crippen molar-refractivity contribution in [3.63, 3.8) is 0 Å². The Bertz CT molecular complexity index is 183. The highest BCUT2D eigenvalue weighted by atomic mass is 16.5. The Morgan fingerprint density at radius 3 is 2.31 bits per heavy atom. The number of nitrogens with zero attached hydrogens (tertiary/aromatic N) is 1. The molecule has 0 N–H and O–H groups in total. The molecule has 1 aliphatic rings. The van der Waals surface area contributed by atoms with Gasteiger partial charge in [0.05, 0.1) is 6.10 Å². The largest absolute Gasteiger partial charge is 0.378 e. The summed E-state index contributed by atoms with van der Waals surface area (Å²) in [4.78, 5) is 2.60. The van der Waals surface area contributed by atoms with E-state index in [1.165, 1.54) is 45.3 Å². The van der Waals surface area contributed by atoms with Crippen LogP contribution in [0.25, 0.3) is 0 Å². The fourth-order valence-electron chi connectivity index (χ4n) is 2.17. The average molecular weight is 227 g/mol. The topological polar surface area (TPSA) is 12.5 Å². The minimum absolute atomic E-state index is 0.511. The lowest BCUT2D eigenvalue weighted by atomic mass is 9.86. The molecule has 1 aliphatic heterocycles. The summed E-state index contributed by atoms with van der Waals surface area (Å²) >= 11 is 0. The van der Waals surface area contributed by atoms with Gasteiger partial charge in [0, 0.05) is 19.7 Å². The van der Waals surface area contributed by atoms with Crippen LogP contribution in [-0.4, -0.2) is 37.2 Å². The Morgan fingerprint density at radius 1 is 1.19 bits per heavy atom. The second-order valence-corrected chi connectivity index (χ2v) is 5.76. The quantitative estimate of drug-likeness (QED) is 0.690. The molecule has 0 unspecified atom stereocenters. The van der Waals surface area contributed by atoms with E-state index >= 15 is 0 Å². The number of hydrogen-bond donors (Lipinski definition) is 0. The van der Waals surface area contributed by atoms with Crippen molar-refractivity contribution in [3.05, 3.63) is 0 Å². The summed E-state index contributed by atoms with van der Waals surface area (Å²) in [5.74, 6) is 0. The Morgan fingerprint density at radius 2 is 1.81 bits per heavy atom. The van der Waals surface area contributed by atoms with Gasteiger partial charge in [0.2, 0.25) is 0 Å². The number of ether oxygens (including phenoxy) is 1. The molecule has 16 heavy (non-hydrogen) atoms. The Labute approximate surface area is 101 Å². The molecule has 96 valence electrons. The maximum absolute atomic E-state index is 5.67. The van der Waals surface area contributed by atoms with Gasteiger partial charge in [-0.05, 0) is 38.1 Å². The highest BCUT2D eigenvalue weighted by molar-refractivity contribution is 4.75. The normalized spacial score (nSPS) is 20.2. The van der Waals surface area contributed by atoms with Gasteiger partial charge < -0.3 is 9.64 Å². The van der Waals surface area contributed by atoms with E-state index < -0.39 is 0 Å². The lowest BCUT2D eigenvalue weighted by Crippen LogP contribution is -2.38. The van der Waals surface area contributed by atoms with Crippen LogP contribution >= 0.6 is 0 Å². The van der Waals surface area contributed by atoms with Gasteiger partial charge in [0.1, 0.15) is 0 Å². The summed E-state index contributed by atoms with van der Waals surface area (Å²) in [5.41, 5.74) is 0.511. The van der Waals surface area contributed by atoms with Gasteiger partial charge in [-0.2, -0.15) is 0 Å². The predicted molar refractivity (Wildman–Crippen MR) is 69.8 cm³/mol. The van der Waals surface area contributed by atoms with Gasteiger partial charge in [-0.15, -0.1) is 0 Å². The third kappa shape index (κ3) is 4.84. The first kappa shape index (κ1) is 14.0. The first-order valence-electron chi connectivity index (χ1n) is 6.91. The molecular weight excluding hydrogens is 198 g/mol. The molecule has 0 aliphatic carbocycles. The monoisotopic (exact) mass is 227 g/mol. The van der Waals surface area contributed by atoms with Crippen molar-refractivity contribution in [2.24, 2.45) is 5.41 Å². The van der Waals surface area contributed by atoms with E-state index in [1.807, 2.05) is 0 Å². The SMILES string of the molecule is CCOC1CCN(CCC(C)(C)CC)CC1. The highest BCUT2D eigenvalue weighted by Crippen LogP contribution is 2.25. The number of piperidine rings is 1. The van der Waals surface area contributed by atoms with E-state index in [9.17, 15) is 0 Å². The fourth-order valence-corrected chi connectivity index (χ4v) is 2.17. The van der Waals surface area contributed by atoms with Crippen LogP contribution in [0.15, 0.2) is 0 Å². The summed E-state index contributed by atoms with van der Waals surface area (Å²) in [6, 6.07) is 0. The first-order valence-corrected chi connectivity index (χ1v) is 6.91. The Hall–Kier alpha value is -0.0800. The maximum Gasteiger partial charge on any atom is 0.0599 e. The van der Waals surface area contributed by atoms with Crippen LogP contribution in [-0.2, 0) is 4.74 Å². The van der Waals surface area contributed by atoms with E-state index in [4.69, 9.17) is 4.74 Å². The molecule has 1 heterocycles. The molecule has 0 aromatic rings. The third-order valence-electron chi connectivity index (χ3n) is 4.00. The van der Waals surface area contributed by atoms with E-state index in [-0.39, 0.29) is 0 Å². The summed E-state index contributed by atoms with van der Waals surface area (Å²) in [6.07, 6.45) is 5.58. The second kappa shape index (κ2) is 6.61. The third-order valence-corrected chi connectivity index (χ3v) is 4.00. The van der Waals surface area contributed by atoms with Crippen LogP contribution in [0, 0.1) is 5.41 Å². The standard InChI is InChI=1S/C14H29NO/c1-5-14(3,4)9-12-15-10-7-13(8-11-15)16-6-2/h13H,5-12H2,1-4H3. The van der Waals surface area contributed by atoms with Crippen molar-refractivity contribution in [2.75, 3.05) is 26.2 Å². The van der Waals surface area contributed by atoms with Gasteiger partial charge in [0.15, 0.2) is 0 Å². The molecule has 0 bridgehead atoms. The molecule has 1 saturated heterocycles. The number of rotatable bonds is 6. The molecule has 0 amide bonds. The van der Waals surface area contributed by atoms with Crippen molar-refractivity contribution in [1.82, 2.24) is 4.90 Å². The molecule has 0 spiro atoms. The van der Waals surface area contributed by atoms with Crippen molar-refractivity contribution in [1.29, 1.82) is 0 Å². The van der Waals surface area contributed by atoms with E-state index in [0.29, 0.717) is 11.5 Å². The zero-order chi connectivity index (χ0) is 12.0. The maximum atomic E-state index is 5.67. The zero-order valence-electron chi connectivity index (χ0n) is 11.6. The molecule has 2 heteroatoms. The Kier molecular flexibility index (Phi) is 5.77. The van der Waals surface area contributed by atoms with Crippen molar-refractivity contribution in [2.45, 2.75) is 59.5 Å². The van der Waals surface area contributed by atoms with Crippen LogP contribution in [0.1, 0.15) is 53.4 Å². The molecule has 0 atom stereocenters. The van der Waals surface area contributed by atoms with Crippen molar-refractivity contribution >= 4 is 0 Å². The van der Waals surface area contributed by atoms with E-state index in [1.54, 1.807) is 0 Å². The minimum Gasteiger partial charge on any atom is -0.378 e. The summed E-state index contributed by atoms with van der Waals surface area (Å²) in [5, 5.41) is 0. The Balaban J connectivity index is 2.17. The van der Waals surface area contributed by atoms with Gasteiger partial charge in [-0.1, -0.05) is 27.2 Å². The second-order valence-electron chi connectivity index (χ2n) is 5.76. The summed E-state index contributed by atoms with van der Waals surface area (Å²) in [6.45, 7) is 13.7. The van der Waals surface area contributed by atoms with Crippen LogP contribution in [0.3, 0.4) is 0 Å². The van der Waals surface area contributed by atoms with E-state index in [2.05, 4.69) is 32.6 Å². The molecule has 0 saturated carbocycles. The van der Waals surface area contributed by atoms with E-state index in [0.717, 1.165) is 6.61 Å². The molecule has 0 radical (unpaired) electrons. The molecular formula is C14H29NO. The molecule has 2 nitrogen and oxygen atoms in total. The van der Waals surface area contributed by atoms with Crippen LogP contribution < -0.4 is 0 Å². The van der Waals surface area contributed by atoms with Crippen molar-refractivity contribution < 1.29 is 4.74 Å².